The minimum absolute atomic E-state index is 0.115. The van der Waals surface area contributed by atoms with Crippen LogP contribution in [0.4, 0.5) is 4.79 Å². The largest absolute Gasteiger partial charge is 0.444 e. The van der Waals surface area contributed by atoms with Crippen molar-refractivity contribution in [3.05, 3.63) is 28.5 Å². The number of nitrogens with zero attached hydrogens (tertiary/aromatic N) is 1. The van der Waals surface area contributed by atoms with E-state index in [-0.39, 0.29) is 12.0 Å². The molecular formula is C20H30ClN3O3. The number of carbonyl (C=O) groups excluding carboxylic acids is 2. The molecule has 1 aromatic heterocycles. The molecule has 2 amide bonds. The SMILES string of the molecule is Cc1cc(C(=O)NCC2CCC(CNC(=O)OC(C)(C)C)CC2)cc(Cl)n1. The lowest BCUT2D eigenvalue weighted by molar-refractivity contribution is 0.0512. The van der Waals surface area contributed by atoms with Crippen molar-refractivity contribution in [3.8, 4) is 0 Å². The number of carbonyl (C=O) groups is 2. The van der Waals surface area contributed by atoms with E-state index >= 15 is 0 Å². The summed E-state index contributed by atoms with van der Waals surface area (Å²) >= 11 is 5.92. The summed E-state index contributed by atoms with van der Waals surface area (Å²) in [7, 11) is 0. The molecule has 0 radical (unpaired) electrons. The fraction of sp³-hybridized carbons (Fsp3) is 0.650. The standard InChI is InChI=1S/C20H30ClN3O3/c1-13-9-16(10-17(21)24-13)18(25)22-11-14-5-7-15(8-6-14)12-23-19(26)27-20(2,3)4/h9-10,14-15H,5-8,11-12H2,1-4H3,(H,22,25)(H,23,26). The molecule has 2 rings (SSSR count). The highest BCUT2D eigenvalue weighted by Gasteiger charge is 2.23. The molecule has 0 unspecified atom stereocenters. The number of aromatic nitrogens is 1. The zero-order chi connectivity index (χ0) is 20.0. The molecule has 1 aromatic rings. The number of rotatable bonds is 5. The fourth-order valence-corrected chi connectivity index (χ4v) is 3.53. The monoisotopic (exact) mass is 395 g/mol. The Morgan fingerprint density at radius 2 is 1.67 bits per heavy atom. The van der Waals surface area contributed by atoms with Gasteiger partial charge in [-0.1, -0.05) is 11.6 Å². The maximum atomic E-state index is 12.3. The molecule has 0 aliphatic heterocycles. The van der Waals surface area contributed by atoms with Crippen LogP contribution >= 0.6 is 11.6 Å². The molecule has 1 aliphatic carbocycles. The van der Waals surface area contributed by atoms with E-state index in [1.165, 1.54) is 0 Å². The van der Waals surface area contributed by atoms with E-state index in [4.69, 9.17) is 16.3 Å². The molecule has 7 heteroatoms. The summed E-state index contributed by atoms with van der Waals surface area (Å²) in [5, 5.41) is 6.19. The van der Waals surface area contributed by atoms with Crippen LogP contribution in [0.25, 0.3) is 0 Å². The number of amides is 2. The summed E-state index contributed by atoms with van der Waals surface area (Å²) < 4.78 is 5.26. The first-order valence-electron chi connectivity index (χ1n) is 9.51. The summed E-state index contributed by atoms with van der Waals surface area (Å²) in [4.78, 5) is 28.1. The highest BCUT2D eigenvalue weighted by Crippen LogP contribution is 2.28. The average Bonchev–Trinajstić information content (AvgIpc) is 2.56. The third-order valence-corrected chi connectivity index (χ3v) is 4.83. The van der Waals surface area contributed by atoms with Gasteiger partial charge in [0.1, 0.15) is 10.8 Å². The molecule has 0 aromatic carbocycles. The molecule has 150 valence electrons. The fourth-order valence-electron chi connectivity index (χ4n) is 3.28. The quantitative estimate of drug-likeness (QED) is 0.735. The van der Waals surface area contributed by atoms with E-state index in [1.54, 1.807) is 12.1 Å². The topological polar surface area (TPSA) is 80.3 Å². The molecule has 6 nitrogen and oxygen atoms in total. The van der Waals surface area contributed by atoms with Gasteiger partial charge in [0.15, 0.2) is 0 Å². The Balaban J connectivity index is 1.68. The van der Waals surface area contributed by atoms with Gasteiger partial charge in [-0.05, 0) is 77.3 Å². The van der Waals surface area contributed by atoms with Crippen LogP contribution < -0.4 is 10.6 Å². The molecule has 0 bridgehead atoms. The Bertz CT molecular complexity index is 645. The van der Waals surface area contributed by atoms with Crippen LogP contribution in [0.3, 0.4) is 0 Å². The zero-order valence-electron chi connectivity index (χ0n) is 16.6. The smallest absolute Gasteiger partial charge is 0.407 e. The van der Waals surface area contributed by atoms with Crippen molar-refractivity contribution in [2.75, 3.05) is 13.1 Å². The normalized spacial score (nSPS) is 20.0. The summed E-state index contributed by atoms with van der Waals surface area (Å²) in [5.74, 6) is 0.812. The second-order valence-electron chi connectivity index (χ2n) is 8.30. The van der Waals surface area contributed by atoms with Crippen LogP contribution in [0.1, 0.15) is 62.5 Å². The van der Waals surface area contributed by atoms with E-state index in [0.29, 0.717) is 35.6 Å². The molecular weight excluding hydrogens is 366 g/mol. The van der Waals surface area contributed by atoms with E-state index in [0.717, 1.165) is 31.4 Å². The molecule has 0 saturated heterocycles. The Hall–Kier alpha value is -1.82. The number of halogens is 1. The van der Waals surface area contributed by atoms with Gasteiger partial charge in [-0.2, -0.15) is 0 Å². The van der Waals surface area contributed by atoms with Crippen LogP contribution in [0, 0.1) is 18.8 Å². The number of ether oxygens (including phenoxy) is 1. The first kappa shape index (κ1) is 21.5. The maximum Gasteiger partial charge on any atom is 0.407 e. The van der Waals surface area contributed by atoms with Crippen LogP contribution in [0.2, 0.25) is 5.15 Å². The predicted molar refractivity (Wildman–Crippen MR) is 106 cm³/mol. The number of nitrogens with one attached hydrogen (secondary N) is 2. The van der Waals surface area contributed by atoms with Gasteiger partial charge in [0.25, 0.3) is 5.91 Å². The van der Waals surface area contributed by atoms with Gasteiger partial charge in [0.2, 0.25) is 0 Å². The number of aryl methyl sites for hydroxylation is 1. The summed E-state index contributed by atoms with van der Waals surface area (Å²) in [6.45, 7) is 8.68. The van der Waals surface area contributed by atoms with E-state index in [2.05, 4.69) is 15.6 Å². The van der Waals surface area contributed by atoms with E-state index < -0.39 is 5.60 Å². The minimum atomic E-state index is -0.475. The molecule has 0 atom stereocenters. The van der Waals surface area contributed by atoms with Crippen LogP contribution in [-0.2, 0) is 4.74 Å². The lowest BCUT2D eigenvalue weighted by Crippen LogP contribution is -2.37. The first-order valence-corrected chi connectivity index (χ1v) is 9.89. The van der Waals surface area contributed by atoms with Crippen LogP contribution in [0.5, 0.6) is 0 Å². The van der Waals surface area contributed by atoms with Crippen molar-refractivity contribution < 1.29 is 14.3 Å². The average molecular weight is 396 g/mol. The van der Waals surface area contributed by atoms with Gasteiger partial charge in [-0.25, -0.2) is 9.78 Å². The number of hydrogen-bond acceptors (Lipinski definition) is 4. The Kier molecular flexibility index (Phi) is 7.48. The number of alkyl carbamates (subject to hydrolysis) is 1. The lowest BCUT2D eigenvalue weighted by Gasteiger charge is -2.29. The van der Waals surface area contributed by atoms with Gasteiger partial charge in [-0.15, -0.1) is 0 Å². The molecule has 2 N–H and O–H groups in total. The van der Waals surface area contributed by atoms with Crippen molar-refractivity contribution in [1.82, 2.24) is 15.6 Å². The van der Waals surface area contributed by atoms with Crippen LogP contribution in [0.15, 0.2) is 12.1 Å². The van der Waals surface area contributed by atoms with Crippen molar-refractivity contribution in [3.63, 3.8) is 0 Å². The van der Waals surface area contributed by atoms with Crippen LogP contribution in [-0.4, -0.2) is 35.7 Å². The van der Waals surface area contributed by atoms with Gasteiger partial charge < -0.3 is 15.4 Å². The second-order valence-corrected chi connectivity index (χ2v) is 8.69. The third-order valence-electron chi connectivity index (χ3n) is 4.64. The lowest BCUT2D eigenvalue weighted by atomic mass is 9.82. The van der Waals surface area contributed by atoms with Gasteiger partial charge in [0, 0.05) is 24.3 Å². The van der Waals surface area contributed by atoms with Crippen molar-refractivity contribution in [2.45, 2.75) is 59.0 Å². The Morgan fingerprint density at radius 1 is 1.11 bits per heavy atom. The molecule has 0 spiro atoms. The molecule has 1 fully saturated rings. The molecule has 1 heterocycles. The van der Waals surface area contributed by atoms with Crippen molar-refractivity contribution in [1.29, 1.82) is 0 Å². The van der Waals surface area contributed by atoms with Gasteiger partial charge in [-0.3, -0.25) is 4.79 Å². The third kappa shape index (κ3) is 7.75. The first-order chi connectivity index (χ1) is 12.6. The van der Waals surface area contributed by atoms with Gasteiger partial charge >= 0.3 is 6.09 Å². The predicted octanol–water partition coefficient (Wildman–Crippen LogP) is 4.10. The molecule has 1 aliphatic rings. The Labute approximate surface area is 166 Å². The summed E-state index contributed by atoms with van der Waals surface area (Å²) in [5.41, 5.74) is 0.797. The summed E-state index contributed by atoms with van der Waals surface area (Å²) in [6, 6.07) is 3.32. The van der Waals surface area contributed by atoms with E-state index in [1.807, 2.05) is 27.7 Å². The molecule has 1 saturated carbocycles. The molecule has 27 heavy (non-hydrogen) atoms. The van der Waals surface area contributed by atoms with Crippen molar-refractivity contribution in [2.24, 2.45) is 11.8 Å². The van der Waals surface area contributed by atoms with Gasteiger partial charge in [0.05, 0.1) is 0 Å². The summed E-state index contributed by atoms with van der Waals surface area (Å²) in [6.07, 6.45) is 3.80. The van der Waals surface area contributed by atoms with E-state index in [9.17, 15) is 9.59 Å². The van der Waals surface area contributed by atoms with Crippen molar-refractivity contribution >= 4 is 23.6 Å². The number of pyridine rings is 1. The number of hydrogen-bond donors (Lipinski definition) is 2. The highest BCUT2D eigenvalue weighted by molar-refractivity contribution is 6.29. The second kappa shape index (κ2) is 9.40. The Morgan fingerprint density at radius 3 is 2.19 bits per heavy atom. The maximum absolute atomic E-state index is 12.3. The minimum Gasteiger partial charge on any atom is -0.444 e. The highest BCUT2D eigenvalue weighted by atomic mass is 35.5. The zero-order valence-corrected chi connectivity index (χ0v) is 17.4.